The minimum Gasteiger partial charge on any atom is -0.292 e. The van der Waals surface area contributed by atoms with E-state index in [9.17, 15) is 4.79 Å². The van der Waals surface area contributed by atoms with Crippen molar-refractivity contribution in [2.45, 2.75) is 39.7 Å². The summed E-state index contributed by atoms with van der Waals surface area (Å²) in [6.45, 7) is 4.88. The predicted octanol–water partition coefficient (Wildman–Crippen LogP) is 3.04. The van der Waals surface area contributed by atoms with Gasteiger partial charge in [0.1, 0.15) is 5.69 Å². The fourth-order valence-electron chi connectivity index (χ4n) is 1.37. The number of aryl methyl sites for hydroxylation is 1. The predicted molar refractivity (Wildman–Crippen MR) is 59.5 cm³/mol. The number of hydrogen-bond donors (Lipinski definition) is 0. The van der Waals surface area contributed by atoms with Crippen LogP contribution in [0, 0.1) is 0 Å². The molecule has 1 aromatic heterocycles. The third-order valence-electron chi connectivity index (χ3n) is 1.97. The van der Waals surface area contributed by atoms with Gasteiger partial charge in [0.15, 0.2) is 5.78 Å². The maximum atomic E-state index is 11.7. The van der Waals surface area contributed by atoms with Crippen molar-refractivity contribution in [1.29, 1.82) is 0 Å². The van der Waals surface area contributed by atoms with Gasteiger partial charge in [-0.2, -0.15) is 5.10 Å². The van der Waals surface area contributed by atoms with Crippen molar-refractivity contribution in [2.75, 3.05) is 0 Å². The number of carbonyl (C=O) groups excluding carboxylic acids is 1. The summed E-state index contributed by atoms with van der Waals surface area (Å²) < 4.78 is 2.59. The summed E-state index contributed by atoms with van der Waals surface area (Å²) in [4.78, 5) is 11.7. The van der Waals surface area contributed by atoms with Crippen molar-refractivity contribution in [1.82, 2.24) is 9.78 Å². The van der Waals surface area contributed by atoms with Crippen LogP contribution in [0.2, 0.25) is 0 Å². The SMILES string of the molecule is CCCC(=O)c1c(Br)cnn1CCC. The van der Waals surface area contributed by atoms with Gasteiger partial charge in [-0.05, 0) is 28.8 Å². The lowest BCUT2D eigenvalue weighted by Gasteiger charge is -2.04. The van der Waals surface area contributed by atoms with Crippen LogP contribution in [0.25, 0.3) is 0 Å². The molecule has 0 aliphatic rings. The molecule has 0 bridgehead atoms. The highest BCUT2D eigenvalue weighted by Crippen LogP contribution is 2.18. The second kappa shape index (κ2) is 5.29. The van der Waals surface area contributed by atoms with Gasteiger partial charge in [0, 0.05) is 13.0 Å². The fourth-order valence-corrected chi connectivity index (χ4v) is 1.88. The molecule has 78 valence electrons. The smallest absolute Gasteiger partial charge is 0.182 e. The van der Waals surface area contributed by atoms with Crippen molar-refractivity contribution in [3.8, 4) is 0 Å². The Bertz CT molecular complexity index is 320. The van der Waals surface area contributed by atoms with Crippen LogP contribution in [0.3, 0.4) is 0 Å². The number of carbonyl (C=O) groups is 1. The van der Waals surface area contributed by atoms with Crippen LogP contribution in [0.15, 0.2) is 10.7 Å². The summed E-state index contributed by atoms with van der Waals surface area (Å²) in [6.07, 6.45) is 4.15. The summed E-state index contributed by atoms with van der Waals surface area (Å²) in [5.41, 5.74) is 0.716. The Morgan fingerprint density at radius 3 is 2.79 bits per heavy atom. The van der Waals surface area contributed by atoms with Crippen LogP contribution < -0.4 is 0 Å². The Morgan fingerprint density at radius 1 is 1.50 bits per heavy atom. The van der Waals surface area contributed by atoms with E-state index in [0.29, 0.717) is 12.1 Å². The number of rotatable bonds is 5. The van der Waals surface area contributed by atoms with E-state index in [1.807, 2.05) is 6.92 Å². The van der Waals surface area contributed by atoms with E-state index < -0.39 is 0 Å². The third kappa shape index (κ3) is 2.44. The Morgan fingerprint density at radius 2 is 2.21 bits per heavy atom. The zero-order valence-electron chi connectivity index (χ0n) is 8.59. The van der Waals surface area contributed by atoms with E-state index in [0.717, 1.165) is 23.9 Å². The van der Waals surface area contributed by atoms with Crippen LogP contribution in [0.5, 0.6) is 0 Å². The molecule has 0 unspecified atom stereocenters. The monoisotopic (exact) mass is 258 g/mol. The quantitative estimate of drug-likeness (QED) is 0.762. The third-order valence-corrected chi connectivity index (χ3v) is 2.55. The number of hydrogen-bond acceptors (Lipinski definition) is 2. The Balaban J connectivity index is 2.92. The van der Waals surface area contributed by atoms with Gasteiger partial charge in [-0.15, -0.1) is 0 Å². The topological polar surface area (TPSA) is 34.9 Å². The number of Topliss-reactive ketones (excluding diaryl/α,β-unsaturated/α-hetero) is 1. The lowest BCUT2D eigenvalue weighted by Crippen LogP contribution is -2.10. The second-order valence-electron chi connectivity index (χ2n) is 3.24. The first-order chi connectivity index (χ1) is 6.70. The lowest BCUT2D eigenvalue weighted by molar-refractivity contribution is 0.0970. The van der Waals surface area contributed by atoms with Gasteiger partial charge in [-0.25, -0.2) is 0 Å². The van der Waals surface area contributed by atoms with Gasteiger partial charge < -0.3 is 0 Å². The average Bonchev–Trinajstić information content (AvgIpc) is 2.48. The van der Waals surface area contributed by atoms with E-state index in [1.54, 1.807) is 10.9 Å². The molecule has 0 saturated heterocycles. The Kier molecular flexibility index (Phi) is 4.32. The molecule has 0 aliphatic carbocycles. The fraction of sp³-hybridized carbons (Fsp3) is 0.600. The normalized spacial score (nSPS) is 10.5. The first kappa shape index (κ1) is 11.4. The Hall–Kier alpha value is -0.640. The van der Waals surface area contributed by atoms with Crippen molar-refractivity contribution in [2.24, 2.45) is 0 Å². The molecule has 0 aromatic carbocycles. The molecule has 0 amide bonds. The van der Waals surface area contributed by atoms with E-state index in [4.69, 9.17) is 0 Å². The van der Waals surface area contributed by atoms with E-state index in [-0.39, 0.29) is 5.78 Å². The number of halogens is 1. The van der Waals surface area contributed by atoms with E-state index in [2.05, 4.69) is 28.0 Å². The van der Waals surface area contributed by atoms with Gasteiger partial charge in [0.05, 0.1) is 10.7 Å². The molecule has 14 heavy (non-hydrogen) atoms. The van der Waals surface area contributed by atoms with Gasteiger partial charge >= 0.3 is 0 Å². The summed E-state index contributed by atoms with van der Waals surface area (Å²) >= 11 is 3.35. The highest BCUT2D eigenvalue weighted by molar-refractivity contribution is 9.10. The summed E-state index contributed by atoms with van der Waals surface area (Å²) in [6, 6.07) is 0. The van der Waals surface area contributed by atoms with E-state index >= 15 is 0 Å². The largest absolute Gasteiger partial charge is 0.292 e. The van der Waals surface area contributed by atoms with Gasteiger partial charge in [0.25, 0.3) is 0 Å². The highest BCUT2D eigenvalue weighted by Gasteiger charge is 2.15. The molecule has 0 spiro atoms. The molecule has 1 rings (SSSR count). The van der Waals surface area contributed by atoms with E-state index in [1.165, 1.54) is 0 Å². The zero-order chi connectivity index (χ0) is 10.6. The molecule has 0 saturated carbocycles. The van der Waals surface area contributed by atoms with Crippen LogP contribution >= 0.6 is 15.9 Å². The molecule has 0 fully saturated rings. The lowest BCUT2D eigenvalue weighted by atomic mass is 10.2. The first-order valence-electron chi connectivity index (χ1n) is 4.95. The summed E-state index contributed by atoms with van der Waals surface area (Å²) in [5, 5.41) is 4.16. The van der Waals surface area contributed by atoms with Crippen molar-refractivity contribution in [3.63, 3.8) is 0 Å². The average molecular weight is 259 g/mol. The molecular formula is C10H15BrN2O. The zero-order valence-corrected chi connectivity index (χ0v) is 10.2. The van der Waals surface area contributed by atoms with Crippen molar-refractivity contribution in [3.05, 3.63) is 16.4 Å². The van der Waals surface area contributed by atoms with Crippen LogP contribution in [0.1, 0.15) is 43.6 Å². The standard InChI is InChI=1S/C10H15BrN2O/c1-3-5-9(14)10-8(11)7-12-13(10)6-4-2/h7H,3-6H2,1-2H3. The van der Waals surface area contributed by atoms with Crippen LogP contribution in [0.4, 0.5) is 0 Å². The molecule has 4 heteroatoms. The maximum Gasteiger partial charge on any atom is 0.182 e. The minimum atomic E-state index is 0.172. The molecule has 0 aliphatic heterocycles. The number of nitrogens with zero attached hydrogens (tertiary/aromatic N) is 2. The van der Waals surface area contributed by atoms with Crippen molar-refractivity contribution >= 4 is 21.7 Å². The molecule has 0 radical (unpaired) electrons. The molecule has 3 nitrogen and oxygen atoms in total. The maximum absolute atomic E-state index is 11.7. The van der Waals surface area contributed by atoms with Crippen molar-refractivity contribution < 1.29 is 4.79 Å². The first-order valence-corrected chi connectivity index (χ1v) is 5.74. The molecule has 0 N–H and O–H groups in total. The second-order valence-corrected chi connectivity index (χ2v) is 4.09. The number of aromatic nitrogens is 2. The molecule has 1 heterocycles. The molecular weight excluding hydrogens is 244 g/mol. The Labute approximate surface area is 92.6 Å². The van der Waals surface area contributed by atoms with Gasteiger partial charge in [0.2, 0.25) is 0 Å². The minimum absolute atomic E-state index is 0.172. The molecule has 0 atom stereocenters. The van der Waals surface area contributed by atoms with Gasteiger partial charge in [-0.1, -0.05) is 13.8 Å². The van der Waals surface area contributed by atoms with Gasteiger partial charge in [-0.3, -0.25) is 9.48 Å². The van der Waals surface area contributed by atoms with Crippen LogP contribution in [-0.2, 0) is 6.54 Å². The highest BCUT2D eigenvalue weighted by atomic mass is 79.9. The molecule has 1 aromatic rings. The summed E-state index contributed by atoms with van der Waals surface area (Å²) in [7, 11) is 0. The number of ketones is 1. The van der Waals surface area contributed by atoms with Crippen LogP contribution in [-0.4, -0.2) is 15.6 Å². The summed E-state index contributed by atoms with van der Waals surface area (Å²) in [5.74, 6) is 0.172.